The number of hydrogen-bond acceptors (Lipinski definition) is 5. The first-order valence-corrected chi connectivity index (χ1v) is 10.1. The van der Waals surface area contributed by atoms with Gasteiger partial charge in [-0.05, 0) is 68.1 Å². The van der Waals surface area contributed by atoms with Crippen LogP contribution < -0.4 is 4.74 Å². The standard InChI is InChI=1S/C22H22BrNO5/c1-13-9-14(2)15(3)19(10-13)29-12-20(25)28-8-4-7-24-21(26)17-6-5-16(23)11-18(17)22(24)27/h5-6,9-11H,4,7-8,12H2,1-3H3. The molecule has 7 heteroatoms. The molecule has 0 radical (unpaired) electrons. The number of imide groups is 1. The van der Waals surface area contributed by atoms with Gasteiger partial charge in [0, 0.05) is 11.0 Å². The van der Waals surface area contributed by atoms with Gasteiger partial charge in [0.2, 0.25) is 0 Å². The minimum absolute atomic E-state index is 0.102. The van der Waals surface area contributed by atoms with Crippen molar-refractivity contribution in [2.24, 2.45) is 0 Å². The molecule has 2 aromatic rings. The topological polar surface area (TPSA) is 72.9 Å². The molecule has 0 saturated carbocycles. The quantitative estimate of drug-likeness (QED) is 0.355. The second kappa shape index (κ2) is 8.78. The van der Waals surface area contributed by atoms with E-state index in [1.54, 1.807) is 18.2 Å². The first-order valence-electron chi connectivity index (χ1n) is 9.30. The molecular formula is C22H22BrNO5. The maximum Gasteiger partial charge on any atom is 0.344 e. The van der Waals surface area contributed by atoms with Crippen LogP contribution in [-0.4, -0.2) is 42.4 Å². The summed E-state index contributed by atoms with van der Waals surface area (Å²) in [6.07, 6.45) is 0.362. The Kier molecular flexibility index (Phi) is 6.37. The first kappa shape index (κ1) is 21.0. The van der Waals surface area contributed by atoms with Gasteiger partial charge in [0.1, 0.15) is 5.75 Å². The minimum Gasteiger partial charge on any atom is -0.482 e. The fourth-order valence-corrected chi connectivity index (χ4v) is 3.56. The maximum atomic E-state index is 12.4. The predicted octanol–water partition coefficient (Wildman–Crippen LogP) is 3.98. The highest BCUT2D eigenvalue weighted by molar-refractivity contribution is 9.10. The van der Waals surface area contributed by atoms with Crippen LogP contribution >= 0.6 is 15.9 Å². The molecule has 0 unspecified atom stereocenters. The van der Waals surface area contributed by atoms with Gasteiger partial charge in [-0.25, -0.2) is 4.79 Å². The highest BCUT2D eigenvalue weighted by Crippen LogP contribution is 2.26. The molecule has 0 bridgehead atoms. The summed E-state index contributed by atoms with van der Waals surface area (Å²) in [6, 6.07) is 8.94. The molecule has 0 N–H and O–H groups in total. The Bertz CT molecular complexity index is 985. The van der Waals surface area contributed by atoms with Crippen molar-refractivity contribution >= 4 is 33.7 Å². The molecule has 0 aliphatic carbocycles. The van der Waals surface area contributed by atoms with Gasteiger partial charge in [0.15, 0.2) is 6.61 Å². The van der Waals surface area contributed by atoms with Gasteiger partial charge in [-0.15, -0.1) is 0 Å². The first-order chi connectivity index (χ1) is 13.8. The van der Waals surface area contributed by atoms with E-state index in [0.717, 1.165) is 21.2 Å². The second-order valence-corrected chi connectivity index (χ2v) is 7.94. The summed E-state index contributed by atoms with van der Waals surface area (Å²) in [5.41, 5.74) is 3.93. The number of halogens is 1. The lowest BCUT2D eigenvalue weighted by Crippen LogP contribution is -2.31. The van der Waals surface area contributed by atoms with Gasteiger partial charge in [-0.2, -0.15) is 0 Å². The summed E-state index contributed by atoms with van der Waals surface area (Å²) < 4.78 is 11.5. The SMILES string of the molecule is Cc1cc(C)c(C)c(OCC(=O)OCCCN2C(=O)c3ccc(Br)cc3C2=O)c1. The zero-order chi connectivity index (χ0) is 21.1. The summed E-state index contributed by atoms with van der Waals surface area (Å²) in [5.74, 6) is -0.477. The van der Waals surface area contributed by atoms with E-state index >= 15 is 0 Å². The average Bonchev–Trinajstić information content (AvgIpc) is 2.90. The van der Waals surface area contributed by atoms with E-state index < -0.39 is 5.97 Å². The number of nitrogens with zero attached hydrogens (tertiary/aromatic N) is 1. The molecule has 6 nitrogen and oxygen atoms in total. The molecule has 0 fully saturated rings. The molecule has 2 aromatic carbocycles. The van der Waals surface area contributed by atoms with Crippen LogP contribution in [0.1, 0.15) is 43.8 Å². The lowest BCUT2D eigenvalue weighted by Gasteiger charge is -2.14. The molecular weight excluding hydrogens is 438 g/mol. The van der Waals surface area contributed by atoms with Crippen molar-refractivity contribution in [2.75, 3.05) is 19.8 Å². The summed E-state index contributed by atoms with van der Waals surface area (Å²) in [5, 5.41) is 0. The Balaban J connectivity index is 1.45. The van der Waals surface area contributed by atoms with Crippen LogP contribution in [0.3, 0.4) is 0 Å². The molecule has 0 spiro atoms. The maximum absolute atomic E-state index is 12.4. The molecule has 3 rings (SSSR count). The number of aryl methyl sites for hydroxylation is 2. The molecule has 1 aliphatic heterocycles. The van der Waals surface area contributed by atoms with Gasteiger partial charge < -0.3 is 9.47 Å². The third-order valence-electron chi connectivity index (χ3n) is 4.83. The van der Waals surface area contributed by atoms with Crippen molar-refractivity contribution in [3.63, 3.8) is 0 Å². The molecule has 1 heterocycles. The zero-order valence-electron chi connectivity index (χ0n) is 16.6. The number of benzene rings is 2. The summed E-state index contributed by atoms with van der Waals surface area (Å²) >= 11 is 3.30. The molecule has 1 aliphatic rings. The van der Waals surface area contributed by atoms with E-state index in [2.05, 4.69) is 22.0 Å². The van der Waals surface area contributed by atoms with Crippen LogP contribution in [-0.2, 0) is 9.53 Å². The third-order valence-corrected chi connectivity index (χ3v) is 5.32. The highest BCUT2D eigenvalue weighted by Gasteiger charge is 2.35. The number of carbonyl (C=O) groups excluding carboxylic acids is 3. The summed E-state index contributed by atoms with van der Waals surface area (Å²) in [6.45, 7) is 6.00. The van der Waals surface area contributed by atoms with Crippen LogP contribution in [0.5, 0.6) is 5.75 Å². The van der Waals surface area contributed by atoms with Gasteiger partial charge in [0.05, 0.1) is 17.7 Å². The van der Waals surface area contributed by atoms with Gasteiger partial charge >= 0.3 is 5.97 Å². The lowest BCUT2D eigenvalue weighted by molar-refractivity contribution is -0.146. The van der Waals surface area contributed by atoms with Crippen LogP contribution in [0.15, 0.2) is 34.8 Å². The highest BCUT2D eigenvalue weighted by atomic mass is 79.9. The van der Waals surface area contributed by atoms with Crippen LogP contribution in [0.4, 0.5) is 0 Å². The Labute approximate surface area is 177 Å². The summed E-state index contributed by atoms with van der Waals surface area (Å²) in [7, 11) is 0. The van der Waals surface area contributed by atoms with Crippen molar-refractivity contribution in [2.45, 2.75) is 27.2 Å². The summed E-state index contributed by atoms with van der Waals surface area (Å²) in [4.78, 5) is 37.9. The number of fused-ring (bicyclic) bond motifs is 1. The van der Waals surface area contributed by atoms with Crippen molar-refractivity contribution < 1.29 is 23.9 Å². The fourth-order valence-electron chi connectivity index (χ4n) is 3.20. The molecule has 29 heavy (non-hydrogen) atoms. The number of rotatable bonds is 7. The minimum atomic E-state index is -0.491. The van der Waals surface area contributed by atoms with Crippen molar-refractivity contribution in [3.8, 4) is 5.75 Å². The molecule has 152 valence electrons. The number of esters is 1. The normalized spacial score (nSPS) is 12.9. The van der Waals surface area contributed by atoms with Crippen molar-refractivity contribution in [3.05, 3.63) is 62.6 Å². The Morgan fingerprint density at radius 2 is 1.76 bits per heavy atom. The molecule has 0 aromatic heterocycles. The van der Waals surface area contributed by atoms with E-state index in [9.17, 15) is 14.4 Å². The molecule has 0 saturated heterocycles. The zero-order valence-corrected chi connectivity index (χ0v) is 18.2. The number of carbonyl (C=O) groups is 3. The Morgan fingerprint density at radius 3 is 2.52 bits per heavy atom. The van der Waals surface area contributed by atoms with Gasteiger partial charge in [-0.3, -0.25) is 14.5 Å². The van der Waals surface area contributed by atoms with Gasteiger partial charge in [0.25, 0.3) is 11.8 Å². The second-order valence-electron chi connectivity index (χ2n) is 7.02. The van der Waals surface area contributed by atoms with E-state index in [1.165, 1.54) is 4.90 Å². The third kappa shape index (κ3) is 4.67. The van der Waals surface area contributed by atoms with Crippen molar-refractivity contribution in [1.82, 2.24) is 4.90 Å². The number of amides is 2. The van der Waals surface area contributed by atoms with Crippen molar-refractivity contribution in [1.29, 1.82) is 0 Å². The fraction of sp³-hybridized carbons (Fsp3) is 0.318. The predicted molar refractivity (Wildman–Crippen MR) is 111 cm³/mol. The number of ether oxygens (including phenoxy) is 2. The molecule has 2 amide bonds. The monoisotopic (exact) mass is 459 g/mol. The largest absolute Gasteiger partial charge is 0.482 e. The average molecular weight is 460 g/mol. The lowest BCUT2D eigenvalue weighted by atomic mass is 10.1. The van der Waals surface area contributed by atoms with Crippen LogP contribution in [0, 0.1) is 20.8 Å². The smallest absolute Gasteiger partial charge is 0.344 e. The van der Waals surface area contributed by atoms with Crippen LogP contribution in [0.2, 0.25) is 0 Å². The molecule has 0 atom stereocenters. The van der Waals surface area contributed by atoms with E-state index in [0.29, 0.717) is 23.3 Å². The van der Waals surface area contributed by atoms with E-state index in [-0.39, 0.29) is 31.6 Å². The van der Waals surface area contributed by atoms with Gasteiger partial charge in [-0.1, -0.05) is 22.0 Å². The Hall–Kier alpha value is -2.67. The van der Waals surface area contributed by atoms with E-state index in [4.69, 9.17) is 9.47 Å². The van der Waals surface area contributed by atoms with E-state index in [1.807, 2.05) is 26.8 Å². The van der Waals surface area contributed by atoms with Crippen LogP contribution in [0.25, 0.3) is 0 Å². The Morgan fingerprint density at radius 1 is 1.03 bits per heavy atom. The number of hydrogen-bond donors (Lipinski definition) is 0.